The number of rotatable bonds is 3. The van der Waals surface area contributed by atoms with E-state index in [1.165, 1.54) is 6.07 Å². The highest BCUT2D eigenvalue weighted by Crippen LogP contribution is 2.60. The zero-order valence-corrected chi connectivity index (χ0v) is 17.9. The standard InChI is InChI=1S/C28H20FN3O/c1-18-10-12-20(13-11-18)26(33)25-24(22-8-4-5-9-23(22)29)28(16-30,17-31)27-21-7-3-2-6-19(21)14-15-32(25)27/h2-15,24-25,27H,1H3/t24-,25+,27-/m0/s1. The van der Waals surface area contributed by atoms with Crippen LogP contribution in [0.25, 0.3) is 6.08 Å². The molecular formula is C28H20FN3O. The van der Waals surface area contributed by atoms with Crippen molar-refractivity contribution in [2.75, 3.05) is 0 Å². The number of ketones is 1. The smallest absolute Gasteiger partial charge is 0.185 e. The number of nitriles is 2. The summed E-state index contributed by atoms with van der Waals surface area (Å²) in [4.78, 5) is 15.7. The average Bonchev–Trinajstić information content (AvgIpc) is 3.15. The molecule has 0 amide bonds. The highest BCUT2D eigenvalue weighted by atomic mass is 19.1. The summed E-state index contributed by atoms with van der Waals surface area (Å²) in [6.45, 7) is 1.93. The Morgan fingerprint density at radius 3 is 2.24 bits per heavy atom. The fraction of sp³-hybridized carbons (Fsp3) is 0.179. The van der Waals surface area contributed by atoms with Gasteiger partial charge in [0.1, 0.15) is 11.9 Å². The lowest BCUT2D eigenvalue weighted by Gasteiger charge is -2.34. The Balaban J connectivity index is 1.79. The highest BCUT2D eigenvalue weighted by Gasteiger charge is 2.64. The van der Waals surface area contributed by atoms with E-state index in [1.54, 1.807) is 41.4 Å². The van der Waals surface area contributed by atoms with E-state index in [0.717, 1.165) is 16.7 Å². The molecule has 3 aromatic rings. The largest absolute Gasteiger partial charge is 0.357 e. The third kappa shape index (κ3) is 2.97. The van der Waals surface area contributed by atoms with Crippen molar-refractivity contribution in [3.63, 3.8) is 0 Å². The van der Waals surface area contributed by atoms with Gasteiger partial charge in [-0.25, -0.2) is 4.39 Å². The SMILES string of the molecule is Cc1ccc(C(=O)[C@H]2[C@H](c3ccccc3F)C(C#N)(C#N)[C@@H]3c4ccccc4C=CN32)cc1. The fourth-order valence-electron chi connectivity index (χ4n) is 5.25. The second kappa shape index (κ2) is 7.73. The third-order valence-corrected chi connectivity index (χ3v) is 6.79. The van der Waals surface area contributed by atoms with Gasteiger partial charge in [0.25, 0.3) is 0 Å². The zero-order chi connectivity index (χ0) is 23.2. The molecule has 5 heteroatoms. The van der Waals surface area contributed by atoms with Crippen LogP contribution in [-0.4, -0.2) is 16.7 Å². The predicted octanol–water partition coefficient (Wildman–Crippen LogP) is 5.54. The van der Waals surface area contributed by atoms with Crippen LogP contribution >= 0.6 is 0 Å². The Hall–Kier alpha value is -4.22. The van der Waals surface area contributed by atoms with Gasteiger partial charge in [0.15, 0.2) is 11.2 Å². The van der Waals surface area contributed by atoms with Crippen LogP contribution in [-0.2, 0) is 0 Å². The molecule has 1 fully saturated rings. The topological polar surface area (TPSA) is 67.9 Å². The molecule has 5 rings (SSSR count). The highest BCUT2D eigenvalue weighted by molar-refractivity contribution is 6.01. The fourth-order valence-corrected chi connectivity index (χ4v) is 5.25. The van der Waals surface area contributed by atoms with E-state index in [0.29, 0.717) is 5.56 Å². The van der Waals surface area contributed by atoms with Crippen molar-refractivity contribution in [3.8, 4) is 12.1 Å². The van der Waals surface area contributed by atoms with E-state index in [-0.39, 0.29) is 11.3 Å². The van der Waals surface area contributed by atoms with Gasteiger partial charge in [0.2, 0.25) is 0 Å². The van der Waals surface area contributed by atoms with Gasteiger partial charge >= 0.3 is 0 Å². The minimum Gasteiger partial charge on any atom is -0.357 e. The summed E-state index contributed by atoms with van der Waals surface area (Å²) in [5.41, 5.74) is 1.66. The van der Waals surface area contributed by atoms with Crippen LogP contribution in [0.2, 0.25) is 0 Å². The molecule has 3 atom stereocenters. The van der Waals surface area contributed by atoms with Crippen molar-refractivity contribution < 1.29 is 9.18 Å². The number of aryl methyl sites for hydroxylation is 1. The van der Waals surface area contributed by atoms with Crippen LogP contribution in [0.4, 0.5) is 4.39 Å². The Labute approximate surface area is 191 Å². The number of hydrogen-bond donors (Lipinski definition) is 0. The molecule has 33 heavy (non-hydrogen) atoms. The molecule has 4 nitrogen and oxygen atoms in total. The minimum absolute atomic E-state index is 0.200. The number of Topliss-reactive ketones (excluding diaryl/α,β-unsaturated/α-hetero) is 1. The molecule has 3 aromatic carbocycles. The van der Waals surface area contributed by atoms with Gasteiger partial charge in [-0.1, -0.05) is 72.3 Å². The summed E-state index contributed by atoms with van der Waals surface area (Å²) in [6.07, 6.45) is 3.65. The monoisotopic (exact) mass is 433 g/mol. The van der Waals surface area contributed by atoms with Crippen molar-refractivity contribution in [1.29, 1.82) is 10.5 Å². The summed E-state index contributed by atoms with van der Waals surface area (Å²) >= 11 is 0. The number of fused-ring (bicyclic) bond motifs is 3. The van der Waals surface area contributed by atoms with E-state index in [9.17, 15) is 15.3 Å². The lowest BCUT2D eigenvalue weighted by atomic mass is 9.67. The normalized spacial score (nSPS) is 22.1. The van der Waals surface area contributed by atoms with E-state index in [2.05, 4.69) is 12.1 Å². The number of halogens is 1. The Kier molecular flexibility index (Phi) is 4.84. The van der Waals surface area contributed by atoms with E-state index in [4.69, 9.17) is 0 Å². The molecule has 2 heterocycles. The van der Waals surface area contributed by atoms with Crippen molar-refractivity contribution >= 4 is 11.9 Å². The summed E-state index contributed by atoms with van der Waals surface area (Å²) in [6, 6.07) is 23.7. The summed E-state index contributed by atoms with van der Waals surface area (Å²) in [5.74, 6) is -1.76. The molecular weight excluding hydrogens is 413 g/mol. The van der Waals surface area contributed by atoms with Crippen molar-refractivity contribution in [1.82, 2.24) is 4.90 Å². The van der Waals surface area contributed by atoms with Crippen LogP contribution in [0.15, 0.2) is 79.0 Å². The van der Waals surface area contributed by atoms with Crippen LogP contribution in [0.3, 0.4) is 0 Å². The van der Waals surface area contributed by atoms with Gasteiger partial charge in [-0.05, 0) is 35.8 Å². The second-order valence-electron chi connectivity index (χ2n) is 8.56. The quantitative estimate of drug-likeness (QED) is 0.508. The van der Waals surface area contributed by atoms with Crippen LogP contribution < -0.4 is 0 Å². The number of carbonyl (C=O) groups is 1. The number of benzene rings is 3. The maximum atomic E-state index is 15.2. The van der Waals surface area contributed by atoms with Gasteiger partial charge in [-0.15, -0.1) is 0 Å². The molecule has 0 bridgehead atoms. The van der Waals surface area contributed by atoms with E-state index in [1.807, 2.05) is 49.4 Å². The summed E-state index contributed by atoms with van der Waals surface area (Å²) in [5, 5.41) is 20.9. The average molecular weight is 433 g/mol. The van der Waals surface area contributed by atoms with Gasteiger partial charge in [0.05, 0.1) is 18.2 Å². The number of nitrogens with zero attached hydrogens (tertiary/aromatic N) is 3. The third-order valence-electron chi connectivity index (χ3n) is 6.79. The maximum absolute atomic E-state index is 15.2. The Bertz CT molecular complexity index is 1350. The van der Waals surface area contributed by atoms with E-state index < -0.39 is 29.2 Å². The van der Waals surface area contributed by atoms with Crippen molar-refractivity contribution in [2.45, 2.75) is 24.9 Å². The predicted molar refractivity (Wildman–Crippen MR) is 122 cm³/mol. The lowest BCUT2D eigenvalue weighted by Crippen LogP contribution is -2.38. The first kappa shape index (κ1) is 20.7. The van der Waals surface area contributed by atoms with Gasteiger partial charge in [0, 0.05) is 17.7 Å². The first-order valence-corrected chi connectivity index (χ1v) is 10.7. The van der Waals surface area contributed by atoms with Gasteiger partial charge in [-0.2, -0.15) is 10.5 Å². The Morgan fingerprint density at radius 1 is 0.939 bits per heavy atom. The molecule has 0 aliphatic carbocycles. The molecule has 0 radical (unpaired) electrons. The minimum atomic E-state index is -1.67. The first-order valence-electron chi connectivity index (χ1n) is 10.7. The van der Waals surface area contributed by atoms with Crippen LogP contribution in [0.1, 0.15) is 44.6 Å². The van der Waals surface area contributed by atoms with Crippen LogP contribution in [0, 0.1) is 40.8 Å². The lowest BCUT2D eigenvalue weighted by molar-refractivity contribution is 0.0874. The van der Waals surface area contributed by atoms with Crippen molar-refractivity contribution in [3.05, 3.63) is 113 Å². The molecule has 0 aromatic heterocycles. The van der Waals surface area contributed by atoms with Crippen LogP contribution in [0.5, 0.6) is 0 Å². The molecule has 2 aliphatic heterocycles. The zero-order valence-electron chi connectivity index (χ0n) is 17.9. The maximum Gasteiger partial charge on any atom is 0.185 e. The second-order valence-corrected chi connectivity index (χ2v) is 8.56. The first-order chi connectivity index (χ1) is 16.0. The molecule has 0 unspecified atom stereocenters. The van der Waals surface area contributed by atoms with E-state index >= 15 is 4.39 Å². The van der Waals surface area contributed by atoms with Crippen molar-refractivity contribution in [2.24, 2.45) is 5.41 Å². The molecule has 0 saturated carbocycles. The number of hydrogen-bond acceptors (Lipinski definition) is 4. The molecule has 160 valence electrons. The van der Waals surface area contributed by atoms with Gasteiger partial charge in [-0.3, -0.25) is 4.79 Å². The van der Waals surface area contributed by atoms with Gasteiger partial charge < -0.3 is 4.90 Å². The molecule has 2 aliphatic rings. The molecule has 1 saturated heterocycles. The Morgan fingerprint density at radius 2 is 1.58 bits per heavy atom. The molecule has 0 N–H and O–H groups in total. The molecule has 0 spiro atoms. The summed E-state index contributed by atoms with van der Waals surface area (Å²) in [7, 11) is 0. The number of carbonyl (C=O) groups excluding carboxylic acids is 1. The summed E-state index contributed by atoms with van der Waals surface area (Å²) < 4.78 is 15.2.